The Balaban J connectivity index is 0.00000364. The lowest BCUT2D eigenvalue weighted by atomic mass is 9.83. The van der Waals surface area contributed by atoms with Gasteiger partial charge in [-0.05, 0) is 37.5 Å². The number of nitrogens with zero attached hydrogens (tertiary/aromatic N) is 3. The largest absolute Gasteiger partial charge is 0.382 e. The van der Waals surface area contributed by atoms with Crippen LogP contribution in [0.25, 0.3) is 0 Å². The second kappa shape index (κ2) is 12.6. The van der Waals surface area contributed by atoms with Crippen LogP contribution in [0.1, 0.15) is 58.7 Å². The molecule has 0 saturated heterocycles. The van der Waals surface area contributed by atoms with E-state index in [1.165, 1.54) is 25.7 Å². The molecule has 2 N–H and O–H groups in total. The molecule has 0 spiro atoms. The summed E-state index contributed by atoms with van der Waals surface area (Å²) < 4.78 is 7.82. The topological polar surface area (TPSA) is 63.5 Å². The summed E-state index contributed by atoms with van der Waals surface area (Å²) in [6, 6.07) is 0. The number of ether oxygens (including phenoxy) is 1. The molecule has 1 heterocycles. The molecule has 1 aliphatic rings. The van der Waals surface area contributed by atoms with Crippen molar-refractivity contribution in [2.45, 2.75) is 66.0 Å². The van der Waals surface area contributed by atoms with E-state index in [0.717, 1.165) is 44.5 Å². The van der Waals surface area contributed by atoms with Crippen LogP contribution in [0.4, 0.5) is 0 Å². The van der Waals surface area contributed by atoms with Gasteiger partial charge in [-0.1, -0.05) is 26.7 Å². The highest BCUT2D eigenvalue weighted by Gasteiger charge is 2.33. The number of nitrogens with one attached hydrogen (secondary N) is 2. The molecule has 0 amide bonds. The molecule has 1 saturated carbocycles. The summed E-state index contributed by atoms with van der Waals surface area (Å²) in [6.07, 6.45) is 10.3. The number of guanidine groups is 1. The van der Waals surface area contributed by atoms with Crippen molar-refractivity contribution in [2.24, 2.45) is 16.3 Å². The first-order chi connectivity index (χ1) is 12.6. The SMILES string of the molecule is CCOCCC1(CNC(=NC)NCc2nccn2CC(C)C)CCCC1.I. The molecule has 6 nitrogen and oxygen atoms in total. The minimum Gasteiger partial charge on any atom is -0.382 e. The van der Waals surface area contributed by atoms with Crippen LogP contribution in [0.2, 0.25) is 0 Å². The highest BCUT2D eigenvalue weighted by Crippen LogP contribution is 2.40. The fourth-order valence-corrected chi connectivity index (χ4v) is 3.79. The van der Waals surface area contributed by atoms with Gasteiger partial charge in [0.2, 0.25) is 0 Å². The van der Waals surface area contributed by atoms with Gasteiger partial charge in [0.05, 0.1) is 6.54 Å². The van der Waals surface area contributed by atoms with Crippen LogP contribution in [0, 0.1) is 11.3 Å². The lowest BCUT2D eigenvalue weighted by Gasteiger charge is -2.30. The van der Waals surface area contributed by atoms with E-state index in [0.29, 0.717) is 17.9 Å². The number of halogens is 1. The average molecular weight is 491 g/mol. The molecular formula is C20H38IN5O. The Morgan fingerprint density at radius 1 is 1.33 bits per heavy atom. The number of aromatic nitrogens is 2. The second-order valence-corrected chi connectivity index (χ2v) is 7.82. The summed E-state index contributed by atoms with van der Waals surface area (Å²) in [5, 5.41) is 6.97. The molecule has 156 valence electrons. The summed E-state index contributed by atoms with van der Waals surface area (Å²) in [6.45, 7) is 10.8. The summed E-state index contributed by atoms with van der Waals surface area (Å²) >= 11 is 0. The first kappa shape index (κ1) is 24.2. The van der Waals surface area contributed by atoms with E-state index in [2.05, 4.69) is 52.1 Å². The maximum atomic E-state index is 5.61. The number of aliphatic imine (C=N–C) groups is 1. The maximum Gasteiger partial charge on any atom is 0.191 e. The molecule has 7 heteroatoms. The monoisotopic (exact) mass is 491 g/mol. The Morgan fingerprint density at radius 3 is 2.70 bits per heavy atom. The van der Waals surface area contributed by atoms with Crippen molar-refractivity contribution in [1.29, 1.82) is 0 Å². The smallest absolute Gasteiger partial charge is 0.191 e. The van der Waals surface area contributed by atoms with Crippen LogP contribution in [-0.4, -0.2) is 42.3 Å². The van der Waals surface area contributed by atoms with Gasteiger partial charge in [0.1, 0.15) is 5.82 Å². The van der Waals surface area contributed by atoms with E-state index >= 15 is 0 Å². The minimum atomic E-state index is 0. The van der Waals surface area contributed by atoms with E-state index < -0.39 is 0 Å². The van der Waals surface area contributed by atoms with Crippen LogP contribution in [0.5, 0.6) is 0 Å². The zero-order valence-electron chi connectivity index (χ0n) is 17.5. The van der Waals surface area contributed by atoms with Crippen molar-refractivity contribution in [3.63, 3.8) is 0 Å². The highest BCUT2D eigenvalue weighted by molar-refractivity contribution is 14.0. The summed E-state index contributed by atoms with van der Waals surface area (Å²) in [5.41, 5.74) is 0.350. The van der Waals surface area contributed by atoms with E-state index in [9.17, 15) is 0 Å². The van der Waals surface area contributed by atoms with E-state index in [1.807, 2.05) is 13.2 Å². The van der Waals surface area contributed by atoms with Gasteiger partial charge in [-0.3, -0.25) is 4.99 Å². The van der Waals surface area contributed by atoms with Gasteiger partial charge in [0.15, 0.2) is 5.96 Å². The van der Waals surface area contributed by atoms with E-state index in [4.69, 9.17) is 4.74 Å². The summed E-state index contributed by atoms with van der Waals surface area (Å²) in [5.74, 6) is 2.51. The lowest BCUT2D eigenvalue weighted by molar-refractivity contribution is 0.105. The predicted octanol–water partition coefficient (Wildman–Crippen LogP) is 3.81. The van der Waals surface area contributed by atoms with Crippen LogP contribution < -0.4 is 10.6 Å². The van der Waals surface area contributed by atoms with Crippen molar-refractivity contribution in [1.82, 2.24) is 20.2 Å². The molecule has 0 bridgehead atoms. The normalized spacial score (nSPS) is 16.4. The number of imidazole rings is 1. The van der Waals surface area contributed by atoms with Crippen LogP contribution in [-0.2, 0) is 17.8 Å². The van der Waals surface area contributed by atoms with Gasteiger partial charge < -0.3 is 19.9 Å². The third-order valence-corrected chi connectivity index (χ3v) is 5.28. The summed E-state index contributed by atoms with van der Waals surface area (Å²) in [7, 11) is 1.83. The first-order valence-corrected chi connectivity index (χ1v) is 10.1. The first-order valence-electron chi connectivity index (χ1n) is 10.1. The van der Waals surface area contributed by atoms with Crippen molar-refractivity contribution in [2.75, 3.05) is 26.8 Å². The third-order valence-electron chi connectivity index (χ3n) is 5.28. The lowest BCUT2D eigenvalue weighted by Crippen LogP contribution is -2.43. The second-order valence-electron chi connectivity index (χ2n) is 7.82. The molecule has 1 aromatic heterocycles. The molecule has 1 aromatic rings. The molecule has 2 rings (SSSR count). The fourth-order valence-electron chi connectivity index (χ4n) is 3.79. The van der Waals surface area contributed by atoms with Gasteiger partial charge in [0, 0.05) is 45.7 Å². The van der Waals surface area contributed by atoms with E-state index in [-0.39, 0.29) is 24.0 Å². The molecular weight excluding hydrogens is 453 g/mol. The van der Waals surface area contributed by atoms with Crippen molar-refractivity contribution in [3.8, 4) is 0 Å². The van der Waals surface area contributed by atoms with Gasteiger partial charge in [-0.25, -0.2) is 4.98 Å². The van der Waals surface area contributed by atoms with Crippen LogP contribution in [0.15, 0.2) is 17.4 Å². The van der Waals surface area contributed by atoms with Crippen molar-refractivity contribution >= 4 is 29.9 Å². The molecule has 0 radical (unpaired) electrons. The molecule has 0 unspecified atom stereocenters. The third kappa shape index (κ3) is 7.97. The Labute approximate surface area is 182 Å². The number of hydrogen-bond donors (Lipinski definition) is 2. The molecule has 27 heavy (non-hydrogen) atoms. The van der Waals surface area contributed by atoms with Gasteiger partial charge in [0.25, 0.3) is 0 Å². The Bertz CT molecular complexity index is 552. The van der Waals surface area contributed by atoms with Gasteiger partial charge in [-0.2, -0.15) is 0 Å². The van der Waals surface area contributed by atoms with Crippen LogP contribution in [0.3, 0.4) is 0 Å². The zero-order chi connectivity index (χ0) is 18.8. The minimum absolute atomic E-state index is 0. The standard InChI is InChI=1S/C20H37N5O.HI/c1-5-26-13-10-20(8-6-7-9-20)16-24-19(21-4)23-14-18-22-11-12-25(18)15-17(2)3;/h11-12,17H,5-10,13-16H2,1-4H3,(H2,21,23,24);1H. The van der Waals surface area contributed by atoms with Gasteiger partial charge >= 0.3 is 0 Å². The Hall–Kier alpha value is -0.830. The molecule has 0 aromatic carbocycles. The fraction of sp³-hybridized carbons (Fsp3) is 0.800. The Kier molecular flexibility index (Phi) is 11.3. The van der Waals surface area contributed by atoms with Crippen molar-refractivity contribution < 1.29 is 4.74 Å². The average Bonchev–Trinajstić information content (AvgIpc) is 3.25. The van der Waals surface area contributed by atoms with E-state index in [1.54, 1.807) is 0 Å². The molecule has 0 atom stereocenters. The number of rotatable bonds is 10. The molecule has 0 aliphatic heterocycles. The Morgan fingerprint density at radius 2 is 2.07 bits per heavy atom. The summed E-state index contributed by atoms with van der Waals surface area (Å²) in [4.78, 5) is 8.87. The zero-order valence-corrected chi connectivity index (χ0v) is 19.8. The maximum absolute atomic E-state index is 5.61. The molecule has 1 aliphatic carbocycles. The highest BCUT2D eigenvalue weighted by atomic mass is 127. The van der Waals surface area contributed by atoms with Gasteiger partial charge in [-0.15, -0.1) is 24.0 Å². The van der Waals surface area contributed by atoms with Crippen molar-refractivity contribution in [3.05, 3.63) is 18.2 Å². The number of hydrogen-bond acceptors (Lipinski definition) is 3. The predicted molar refractivity (Wildman–Crippen MR) is 123 cm³/mol. The van der Waals surface area contributed by atoms with Crippen LogP contribution >= 0.6 is 24.0 Å². The molecule has 1 fully saturated rings. The quantitative estimate of drug-likeness (QED) is 0.226.